The fourth-order valence-electron chi connectivity index (χ4n) is 2.70. The van der Waals surface area contributed by atoms with Crippen molar-refractivity contribution in [3.8, 4) is 0 Å². The van der Waals surface area contributed by atoms with E-state index in [1.54, 1.807) is 25.1 Å². The quantitative estimate of drug-likeness (QED) is 0.800. The van der Waals surface area contributed by atoms with Crippen LogP contribution in [0.3, 0.4) is 0 Å². The molecule has 1 saturated carbocycles. The Morgan fingerprint density at radius 2 is 2.04 bits per heavy atom. The number of rotatable bonds is 5. The van der Waals surface area contributed by atoms with Gasteiger partial charge in [-0.1, -0.05) is 13.0 Å². The molecule has 0 radical (unpaired) electrons. The Kier molecular flexibility index (Phi) is 4.53. The van der Waals surface area contributed by atoms with Crippen LogP contribution in [0.4, 0.5) is 5.69 Å². The van der Waals surface area contributed by atoms with Crippen molar-refractivity contribution >= 4 is 27.7 Å². The number of nitrogens with one attached hydrogen (secondary N) is 1. The summed E-state index contributed by atoms with van der Waals surface area (Å²) in [5, 5.41) is 7.78. The van der Waals surface area contributed by atoms with Gasteiger partial charge in [0.15, 0.2) is 0 Å². The molecule has 3 rings (SSSR count). The standard InChI is InChI=1S/C18H20N2O4S/c1-11-3-4-13(10-17(11)25(19,22)23)20-18(21)8-6-14-5-7-16(24-14)15-9-12(15)2/h3-8,10,12,15H,9H2,1-2H3,(H,20,21)(H2,19,22,23). The lowest BCUT2D eigenvalue weighted by Gasteiger charge is -2.07. The van der Waals surface area contributed by atoms with Gasteiger partial charge in [0.1, 0.15) is 11.5 Å². The lowest BCUT2D eigenvalue weighted by atomic mass is 10.2. The van der Waals surface area contributed by atoms with E-state index in [1.165, 1.54) is 12.1 Å². The Morgan fingerprint density at radius 3 is 2.68 bits per heavy atom. The van der Waals surface area contributed by atoms with E-state index in [4.69, 9.17) is 9.56 Å². The van der Waals surface area contributed by atoms with Crippen LogP contribution in [0, 0.1) is 12.8 Å². The number of sulfonamides is 1. The van der Waals surface area contributed by atoms with Crippen molar-refractivity contribution in [1.29, 1.82) is 0 Å². The van der Waals surface area contributed by atoms with Gasteiger partial charge in [0.2, 0.25) is 15.9 Å². The molecule has 0 aliphatic heterocycles. The smallest absolute Gasteiger partial charge is 0.248 e. The number of hydrogen-bond donors (Lipinski definition) is 2. The molecule has 7 heteroatoms. The number of furan rings is 1. The Bertz CT molecular complexity index is 944. The second-order valence-electron chi connectivity index (χ2n) is 6.41. The van der Waals surface area contributed by atoms with Crippen LogP contribution in [0.1, 0.15) is 36.3 Å². The molecule has 2 unspecified atom stereocenters. The van der Waals surface area contributed by atoms with Gasteiger partial charge in [-0.15, -0.1) is 0 Å². The zero-order valence-corrected chi connectivity index (χ0v) is 14.8. The topological polar surface area (TPSA) is 102 Å². The molecular formula is C18H20N2O4S. The summed E-state index contributed by atoms with van der Waals surface area (Å²) in [5.41, 5.74) is 0.879. The van der Waals surface area contributed by atoms with Crippen molar-refractivity contribution < 1.29 is 17.6 Å². The average molecular weight is 360 g/mol. The minimum absolute atomic E-state index is 0.0106. The first kappa shape index (κ1) is 17.4. The van der Waals surface area contributed by atoms with Gasteiger partial charge in [-0.2, -0.15) is 0 Å². The molecule has 3 N–H and O–H groups in total. The number of primary sulfonamides is 1. The predicted octanol–water partition coefficient (Wildman–Crippen LogP) is 3.01. The first-order chi connectivity index (χ1) is 11.7. The molecule has 0 saturated heterocycles. The summed E-state index contributed by atoms with van der Waals surface area (Å²) in [5.74, 6) is 2.31. The Morgan fingerprint density at radius 1 is 1.32 bits per heavy atom. The molecule has 1 fully saturated rings. The molecule has 1 aliphatic carbocycles. The number of carbonyl (C=O) groups is 1. The highest BCUT2D eigenvalue weighted by Crippen LogP contribution is 2.47. The summed E-state index contributed by atoms with van der Waals surface area (Å²) >= 11 is 0. The van der Waals surface area contributed by atoms with E-state index in [9.17, 15) is 13.2 Å². The second kappa shape index (κ2) is 6.50. The van der Waals surface area contributed by atoms with Gasteiger partial charge in [0, 0.05) is 17.7 Å². The van der Waals surface area contributed by atoms with Gasteiger partial charge in [0.05, 0.1) is 4.90 Å². The number of anilines is 1. The van der Waals surface area contributed by atoms with Gasteiger partial charge >= 0.3 is 0 Å². The molecule has 2 aromatic rings. The molecule has 1 heterocycles. The first-order valence-corrected chi connectivity index (χ1v) is 9.51. The van der Waals surface area contributed by atoms with Crippen molar-refractivity contribution in [2.45, 2.75) is 31.1 Å². The van der Waals surface area contributed by atoms with Crippen LogP contribution in [-0.4, -0.2) is 14.3 Å². The fraction of sp³-hybridized carbons (Fsp3) is 0.278. The van der Waals surface area contributed by atoms with Gasteiger partial charge in [0.25, 0.3) is 0 Å². The SMILES string of the molecule is Cc1ccc(NC(=O)C=Cc2ccc(C3CC3C)o2)cc1S(N)(=O)=O. The highest BCUT2D eigenvalue weighted by Gasteiger charge is 2.36. The first-order valence-electron chi connectivity index (χ1n) is 7.96. The Labute approximate surface area is 146 Å². The lowest BCUT2D eigenvalue weighted by Crippen LogP contribution is -2.15. The third-order valence-electron chi connectivity index (χ3n) is 4.28. The zero-order valence-electron chi connectivity index (χ0n) is 14.0. The molecule has 132 valence electrons. The van der Waals surface area contributed by atoms with E-state index in [-0.39, 0.29) is 10.8 Å². The largest absolute Gasteiger partial charge is 0.461 e. The number of aryl methyl sites for hydroxylation is 1. The van der Waals surface area contributed by atoms with E-state index in [2.05, 4.69) is 12.2 Å². The van der Waals surface area contributed by atoms with E-state index in [0.717, 1.165) is 12.2 Å². The highest BCUT2D eigenvalue weighted by molar-refractivity contribution is 7.89. The molecule has 25 heavy (non-hydrogen) atoms. The van der Waals surface area contributed by atoms with Gasteiger partial charge in [-0.25, -0.2) is 13.6 Å². The Balaban J connectivity index is 1.67. The number of hydrogen-bond acceptors (Lipinski definition) is 4. The summed E-state index contributed by atoms with van der Waals surface area (Å²) < 4.78 is 28.7. The van der Waals surface area contributed by atoms with Crippen LogP contribution in [0.5, 0.6) is 0 Å². The molecule has 0 spiro atoms. The predicted molar refractivity (Wildman–Crippen MR) is 95.4 cm³/mol. The van der Waals surface area contributed by atoms with Crippen molar-refractivity contribution in [2.24, 2.45) is 11.1 Å². The van der Waals surface area contributed by atoms with E-state index in [0.29, 0.717) is 28.8 Å². The molecule has 1 aliphatic rings. The zero-order chi connectivity index (χ0) is 18.2. The molecular weight excluding hydrogens is 340 g/mol. The van der Waals surface area contributed by atoms with E-state index < -0.39 is 10.0 Å². The Hall–Kier alpha value is -2.38. The molecule has 0 bridgehead atoms. The van der Waals surface area contributed by atoms with Crippen molar-refractivity contribution in [3.05, 3.63) is 53.5 Å². The average Bonchev–Trinajstić information content (AvgIpc) is 3.08. The molecule has 2 atom stereocenters. The number of benzene rings is 1. The summed E-state index contributed by atoms with van der Waals surface area (Å²) in [7, 11) is -3.84. The number of nitrogens with two attached hydrogens (primary N) is 1. The van der Waals surface area contributed by atoms with Gasteiger partial charge in [-0.05, 0) is 55.2 Å². The van der Waals surface area contributed by atoms with Crippen LogP contribution in [0.15, 0.2) is 45.7 Å². The summed E-state index contributed by atoms with van der Waals surface area (Å²) in [6.07, 6.45) is 4.06. The van der Waals surface area contributed by atoms with Crippen LogP contribution in [0.2, 0.25) is 0 Å². The normalized spacial score (nSPS) is 20.0. The van der Waals surface area contributed by atoms with Crippen molar-refractivity contribution in [2.75, 3.05) is 5.32 Å². The summed E-state index contributed by atoms with van der Waals surface area (Å²) in [4.78, 5) is 12.0. The van der Waals surface area contributed by atoms with Gasteiger partial charge in [-0.3, -0.25) is 4.79 Å². The lowest BCUT2D eigenvalue weighted by molar-refractivity contribution is -0.111. The monoisotopic (exact) mass is 360 g/mol. The maximum atomic E-state index is 12.0. The van der Waals surface area contributed by atoms with E-state index >= 15 is 0 Å². The third kappa shape index (κ3) is 4.18. The third-order valence-corrected chi connectivity index (χ3v) is 5.34. The van der Waals surface area contributed by atoms with Crippen molar-refractivity contribution in [3.63, 3.8) is 0 Å². The molecule has 1 aromatic carbocycles. The second-order valence-corrected chi connectivity index (χ2v) is 7.94. The van der Waals surface area contributed by atoms with Crippen LogP contribution in [0.25, 0.3) is 6.08 Å². The van der Waals surface area contributed by atoms with E-state index in [1.807, 2.05) is 12.1 Å². The summed E-state index contributed by atoms with van der Waals surface area (Å²) in [6.45, 7) is 3.81. The molecule has 1 amide bonds. The van der Waals surface area contributed by atoms with Crippen LogP contribution in [-0.2, 0) is 14.8 Å². The van der Waals surface area contributed by atoms with Crippen LogP contribution < -0.4 is 10.5 Å². The maximum Gasteiger partial charge on any atom is 0.248 e. The fourth-order valence-corrected chi connectivity index (χ4v) is 3.51. The number of amides is 1. The van der Waals surface area contributed by atoms with Crippen molar-refractivity contribution in [1.82, 2.24) is 0 Å². The maximum absolute atomic E-state index is 12.0. The highest BCUT2D eigenvalue weighted by atomic mass is 32.2. The molecule has 1 aromatic heterocycles. The summed E-state index contributed by atoms with van der Waals surface area (Å²) in [6, 6.07) is 8.32. The van der Waals surface area contributed by atoms with Crippen LogP contribution >= 0.6 is 0 Å². The van der Waals surface area contributed by atoms with Gasteiger partial charge < -0.3 is 9.73 Å². The minimum atomic E-state index is -3.84. The minimum Gasteiger partial charge on any atom is -0.461 e. The molecule has 6 nitrogen and oxygen atoms in total. The number of carbonyl (C=O) groups excluding carboxylic acids is 1.